The van der Waals surface area contributed by atoms with E-state index in [-0.39, 0.29) is 18.3 Å². The lowest BCUT2D eigenvalue weighted by Crippen LogP contribution is -2.12. The Bertz CT molecular complexity index is 818. The molecule has 1 N–H and O–H groups in total. The van der Waals surface area contributed by atoms with E-state index in [4.69, 9.17) is 4.74 Å². The van der Waals surface area contributed by atoms with Gasteiger partial charge in [0, 0.05) is 40.8 Å². The predicted molar refractivity (Wildman–Crippen MR) is 84.7 cm³/mol. The zero-order chi connectivity index (χ0) is 15.5. The van der Waals surface area contributed by atoms with E-state index in [0.29, 0.717) is 21.5 Å². The maximum Gasteiger partial charge on any atom is 0.266 e. The molecular weight excluding hydrogens is 303 g/mol. The number of thiophene rings is 1. The highest BCUT2D eigenvalue weighted by Gasteiger charge is 2.20. The minimum atomic E-state index is -0.344. The quantitative estimate of drug-likeness (QED) is 0.796. The number of pyridine rings is 1. The van der Waals surface area contributed by atoms with Crippen molar-refractivity contribution < 1.29 is 13.9 Å². The standard InChI is InChI=1S/C16H13FN2O2S/c1-21-9-11-14-12(17)3-2-4-13(14)22-15(11)16(20)19-10-5-7-18-8-6-10/h2-8H,9H2,1H3,(H,18,19,20). The summed E-state index contributed by atoms with van der Waals surface area (Å²) in [5.41, 5.74) is 1.22. The number of carbonyl (C=O) groups excluding carboxylic acids is 1. The fourth-order valence-corrected chi connectivity index (χ4v) is 3.37. The van der Waals surface area contributed by atoms with Gasteiger partial charge < -0.3 is 10.1 Å². The van der Waals surface area contributed by atoms with E-state index in [1.807, 2.05) is 0 Å². The molecule has 1 aromatic carbocycles. The summed E-state index contributed by atoms with van der Waals surface area (Å²) in [5.74, 6) is -0.623. The molecule has 3 rings (SSSR count). The van der Waals surface area contributed by atoms with Gasteiger partial charge in [-0.15, -0.1) is 11.3 Å². The predicted octanol–water partition coefficient (Wildman–Crippen LogP) is 3.83. The molecule has 0 spiro atoms. The van der Waals surface area contributed by atoms with Gasteiger partial charge in [0.25, 0.3) is 5.91 Å². The van der Waals surface area contributed by atoms with Crippen molar-refractivity contribution in [2.45, 2.75) is 6.61 Å². The Kier molecular flexibility index (Phi) is 4.13. The number of aromatic nitrogens is 1. The molecule has 0 bridgehead atoms. The summed E-state index contributed by atoms with van der Waals surface area (Å²) in [6, 6.07) is 8.21. The summed E-state index contributed by atoms with van der Waals surface area (Å²) in [5, 5.41) is 3.24. The first-order valence-corrected chi connectivity index (χ1v) is 7.42. The van der Waals surface area contributed by atoms with Crippen molar-refractivity contribution in [1.82, 2.24) is 4.98 Å². The highest BCUT2D eigenvalue weighted by Crippen LogP contribution is 2.34. The molecule has 4 nitrogen and oxygen atoms in total. The Morgan fingerprint density at radius 3 is 2.82 bits per heavy atom. The van der Waals surface area contributed by atoms with Gasteiger partial charge in [0.05, 0.1) is 11.5 Å². The third-order valence-corrected chi connectivity index (χ3v) is 4.39. The second-order valence-electron chi connectivity index (χ2n) is 4.65. The van der Waals surface area contributed by atoms with E-state index >= 15 is 0 Å². The number of fused-ring (bicyclic) bond motifs is 1. The Labute approximate surface area is 130 Å². The maximum atomic E-state index is 14.1. The van der Waals surface area contributed by atoms with Crippen LogP contribution in [0.25, 0.3) is 10.1 Å². The van der Waals surface area contributed by atoms with Crippen molar-refractivity contribution in [3.05, 3.63) is 59.0 Å². The van der Waals surface area contributed by atoms with Gasteiger partial charge in [-0.2, -0.15) is 0 Å². The van der Waals surface area contributed by atoms with Crippen LogP contribution >= 0.6 is 11.3 Å². The number of carbonyl (C=O) groups is 1. The number of nitrogens with zero attached hydrogens (tertiary/aromatic N) is 1. The van der Waals surface area contributed by atoms with Crippen LogP contribution in [0.1, 0.15) is 15.2 Å². The van der Waals surface area contributed by atoms with Crippen molar-refractivity contribution >= 4 is 33.0 Å². The van der Waals surface area contributed by atoms with Crippen LogP contribution in [0.3, 0.4) is 0 Å². The van der Waals surface area contributed by atoms with Crippen LogP contribution in [0.2, 0.25) is 0 Å². The number of rotatable bonds is 4. The zero-order valence-electron chi connectivity index (χ0n) is 11.8. The SMILES string of the molecule is COCc1c(C(=O)Nc2ccncc2)sc2cccc(F)c12. The first-order chi connectivity index (χ1) is 10.7. The van der Waals surface area contributed by atoms with Crippen LogP contribution in [-0.2, 0) is 11.3 Å². The summed E-state index contributed by atoms with van der Waals surface area (Å²) in [7, 11) is 1.52. The fourth-order valence-electron chi connectivity index (χ4n) is 2.26. The van der Waals surface area contributed by atoms with Gasteiger partial charge in [-0.1, -0.05) is 6.07 Å². The molecule has 112 valence electrons. The summed E-state index contributed by atoms with van der Waals surface area (Å²) in [6.45, 7) is 0.181. The van der Waals surface area contributed by atoms with Gasteiger partial charge in [-0.3, -0.25) is 9.78 Å². The third kappa shape index (κ3) is 2.70. The molecule has 2 aromatic heterocycles. The van der Waals surface area contributed by atoms with Crippen molar-refractivity contribution in [3.63, 3.8) is 0 Å². The smallest absolute Gasteiger partial charge is 0.266 e. The number of methoxy groups -OCH3 is 1. The Balaban J connectivity index is 2.04. The highest BCUT2D eigenvalue weighted by molar-refractivity contribution is 7.21. The monoisotopic (exact) mass is 316 g/mol. The number of benzene rings is 1. The lowest BCUT2D eigenvalue weighted by atomic mass is 10.1. The number of ether oxygens (including phenoxy) is 1. The summed E-state index contributed by atoms with van der Waals surface area (Å²) in [6.07, 6.45) is 3.19. The van der Waals surface area contributed by atoms with Gasteiger partial charge in [0.1, 0.15) is 5.82 Å². The van der Waals surface area contributed by atoms with Crippen LogP contribution < -0.4 is 5.32 Å². The summed E-state index contributed by atoms with van der Waals surface area (Å²) >= 11 is 1.26. The van der Waals surface area contributed by atoms with E-state index in [9.17, 15) is 9.18 Å². The lowest BCUT2D eigenvalue weighted by Gasteiger charge is -2.06. The van der Waals surface area contributed by atoms with Crippen LogP contribution in [0.4, 0.5) is 10.1 Å². The first-order valence-electron chi connectivity index (χ1n) is 6.61. The van der Waals surface area contributed by atoms with Gasteiger partial charge in [-0.05, 0) is 24.3 Å². The molecule has 0 atom stereocenters. The number of hydrogen-bond donors (Lipinski definition) is 1. The third-order valence-electron chi connectivity index (χ3n) is 3.20. The Hall–Kier alpha value is -2.31. The maximum absolute atomic E-state index is 14.1. The molecule has 0 unspecified atom stereocenters. The number of amides is 1. The molecule has 6 heteroatoms. The number of halogens is 1. The molecular formula is C16H13FN2O2S. The van der Waals surface area contributed by atoms with Gasteiger partial charge in [-0.25, -0.2) is 4.39 Å². The normalized spacial score (nSPS) is 10.8. The molecule has 0 fully saturated rings. The summed E-state index contributed by atoms with van der Waals surface area (Å²) < 4.78 is 20.0. The Morgan fingerprint density at radius 1 is 1.32 bits per heavy atom. The molecule has 0 saturated carbocycles. The zero-order valence-corrected chi connectivity index (χ0v) is 12.6. The van der Waals surface area contributed by atoms with Crippen LogP contribution in [0.5, 0.6) is 0 Å². The van der Waals surface area contributed by atoms with E-state index < -0.39 is 0 Å². The van der Waals surface area contributed by atoms with Gasteiger partial charge in [0.2, 0.25) is 0 Å². The van der Waals surface area contributed by atoms with Crippen molar-refractivity contribution in [2.24, 2.45) is 0 Å². The average molecular weight is 316 g/mol. The van der Waals surface area contributed by atoms with E-state index in [1.165, 1.54) is 24.5 Å². The van der Waals surface area contributed by atoms with Gasteiger partial charge >= 0.3 is 0 Å². The second-order valence-corrected chi connectivity index (χ2v) is 5.70. The first kappa shape index (κ1) is 14.6. The molecule has 3 aromatic rings. The van der Waals surface area contributed by atoms with Crippen LogP contribution in [0, 0.1) is 5.82 Å². The molecule has 2 heterocycles. The van der Waals surface area contributed by atoms with Crippen LogP contribution in [0.15, 0.2) is 42.7 Å². The largest absolute Gasteiger partial charge is 0.380 e. The van der Waals surface area contributed by atoms with Gasteiger partial charge in [0.15, 0.2) is 0 Å². The highest BCUT2D eigenvalue weighted by atomic mass is 32.1. The molecule has 0 saturated heterocycles. The van der Waals surface area contributed by atoms with Crippen molar-refractivity contribution in [3.8, 4) is 0 Å². The van der Waals surface area contributed by atoms with E-state index in [1.54, 1.807) is 36.7 Å². The molecule has 0 aliphatic rings. The minimum Gasteiger partial charge on any atom is -0.380 e. The Morgan fingerprint density at radius 2 is 2.09 bits per heavy atom. The van der Waals surface area contributed by atoms with E-state index in [0.717, 1.165) is 4.70 Å². The second kappa shape index (κ2) is 6.21. The fraction of sp³-hybridized carbons (Fsp3) is 0.125. The van der Waals surface area contributed by atoms with Crippen molar-refractivity contribution in [2.75, 3.05) is 12.4 Å². The lowest BCUT2D eigenvalue weighted by molar-refractivity contribution is 0.102. The molecule has 0 radical (unpaired) electrons. The molecule has 0 aliphatic heterocycles. The molecule has 22 heavy (non-hydrogen) atoms. The average Bonchev–Trinajstić information content (AvgIpc) is 2.89. The topological polar surface area (TPSA) is 51.2 Å². The number of hydrogen-bond acceptors (Lipinski definition) is 4. The van der Waals surface area contributed by atoms with Crippen molar-refractivity contribution in [1.29, 1.82) is 0 Å². The van der Waals surface area contributed by atoms with Crippen LogP contribution in [-0.4, -0.2) is 18.0 Å². The molecule has 1 amide bonds. The molecule has 0 aliphatic carbocycles. The summed E-state index contributed by atoms with van der Waals surface area (Å²) in [4.78, 5) is 16.8. The van der Waals surface area contributed by atoms with E-state index in [2.05, 4.69) is 10.3 Å². The minimum absolute atomic E-state index is 0.181. The number of anilines is 1. The number of nitrogens with one attached hydrogen (secondary N) is 1.